The van der Waals surface area contributed by atoms with Crippen LogP contribution in [0.4, 0.5) is 0 Å². The first-order valence-electron chi connectivity index (χ1n) is 5.78. The van der Waals surface area contributed by atoms with Crippen molar-refractivity contribution in [3.05, 3.63) is 8.59 Å². The van der Waals surface area contributed by atoms with Crippen molar-refractivity contribution in [3.63, 3.8) is 0 Å². The third-order valence-corrected chi connectivity index (χ3v) is 6.46. The van der Waals surface area contributed by atoms with Gasteiger partial charge in [-0.1, -0.05) is 64.2 Å². The van der Waals surface area contributed by atoms with E-state index in [1.165, 1.54) is 0 Å². The van der Waals surface area contributed by atoms with Gasteiger partial charge in [-0.15, -0.1) is 0 Å². The Kier molecular flexibility index (Phi) is 37.8. The van der Waals surface area contributed by atoms with Crippen LogP contribution in [0, 0.1) is 8.59 Å². The molecule has 0 aliphatic heterocycles. The molecule has 0 radical (unpaired) electrons. The molecule has 0 aromatic carbocycles. The zero-order chi connectivity index (χ0) is 19.0. The summed E-state index contributed by atoms with van der Waals surface area (Å²) >= 11 is 43.3. The van der Waals surface area contributed by atoms with Crippen molar-refractivity contribution in [2.45, 2.75) is 42.7 Å². The van der Waals surface area contributed by atoms with E-state index in [0.717, 1.165) is 18.1 Å². The van der Waals surface area contributed by atoms with Gasteiger partial charge in [-0.2, -0.15) is 0 Å². The summed E-state index contributed by atoms with van der Waals surface area (Å²) in [6.45, 7) is 5.81. The molecule has 0 aromatic heterocycles. The van der Waals surface area contributed by atoms with E-state index in [-0.39, 0.29) is 28.1 Å². The molecule has 0 bridgehead atoms. The number of halogens is 9. The normalized spacial score (nSPS) is 10.4. The molecule has 0 heterocycles. The zero-order valence-electron chi connectivity index (χ0n) is 12.8. The molecule has 0 aliphatic carbocycles. The summed E-state index contributed by atoms with van der Waals surface area (Å²) in [6.07, 6.45) is 0. The van der Waals surface area contributed by atoms with Crippen LogP contribution in [0.5, 0.6) is 0 Å². The van der Waals surface area contributed by atoms with Crippen LogP contribution in [0.15, 0.2) is 0 Å². The maximum absolute atomic E-state index is 9.58. The van der Waals surface area contributed by atoms with Gasteiger partial charge in [-0.25, -0.2) is 0 Å². The Balaban J connectivity index is -0.0000000646. The summed E-state index contributed by atoms with van der Waals surface area (Å²) in [5.74, 6) is 0. The molecule has 0 amide bonds. The predicted octanol–water partition coefficient (Wildman–Crippen LogP) is 7.63. The molecule has 140 valence electrons. The summed E-state index contributed by atoms with van der Waals surface area (Å²) < 4.78 is -1.82. The number of hydrogen-bond acceptors (Lipinski definition) is 2. The maximum Gasteiger partial charge on any atom is 2.00 e. The number of hydrogen-bond donors (Lipinski definition) is 2. The van der Waals surface area contributed by atoms with E-state index in [9.17, 15) is 4.80 Å². The topological polar surface area (TPSA) is 40.5 Å². The fourth-order valence-corrected chi connectivity index (χ4v) is 2.25. The molecule has 23 heavy (non-hydrogen) atoms. The molecule has 0 saturated heterocycles. The van der Waals surface area contributed by atoms with Crippen molar-refractivity contribution in [2.75, 3.05) is 6.61 Å². The first kappa shape index (κ1) is 37.2. The monoisotopic (exact) mass is 578 g/mol. The van der Waals surface area contributed by atoms with E-state index < -0.39 is 18.7 Å². The van der Waals surface area contributed by atoms with Crippen molar-refractivity contribution in [1.82, 2.24) is 0 Å². The summed E-state index contributed by atoms with van der Waals surface area (Å²) in [5.41, 5.74) is 0. The van der Waals surface area contributed by atoms with Crippen LogP contribution in [0.1, 0.15) is 20.8 Å². The minimum Gasteiger partial charge on any atom is -0.432 e. The van der Waals surface area contributed by atoms with E-state index in [0.29, 0.717) is 0 Å². The Morgan fingerprint density at radius 1 is 0.783 bits per heavy atom. The molecule has 0 unspecified atom stereocenters. The molecule has 0 spiro atoms. The molecular weight excluding hydrogens is 565 g/mol. The minimum atomic E-state index is -1.67. The number of rotatable bonds is 3. The van der Waals surface area contributed by atoms with Gasteiger partial charge in [0.1, 0.15) is 0 Å². The second-order valence-electron chi connectivity index (χ2n) is 3.49. The molecule has 13 heteroatoms. The molecular formula is C10H19Cl9O2SiZn. The average Bonchev–Trinajstić information content (AvgIpc) is 2.36. The van der Waals surface area contributed by atoms with Gasteiger partial charge in [-0.3, -0.25) is 0 Å². The van der Waals surface area contributed by atoms with Gasteiger partial charge in [0.2, 0.25) is 3.79 Å². The van der Waals surface area contributed by atoms with E-state index in [1.807, 2.05) is 0 Å². The Labute approximate surface area is 198 Å². The zero-order valence-corrected chi connectivity index (χ0v) is 23.6. The molecule has 0 fully saturated rings. The summed E-state index contributed by atoms with van der Waals surface area (Å²) in [6, 6.07) is 3.04. The molecule has 0 rings (SSSR count). The quantitative estimate of drug-likeness (QED) is 0.204. The average molecular weight is 584 g/mol. The Hall–Kier alpha value is 3.37. The number of aliphatic hydroxyl groups excluding tert-OH is 1. The maximum atomic E-state index is 9.58. The van der Waals surface area contributed by atoms with Gasteiger partial charge >= 0.3 is 19.5 Å². The fraction of sp³-hybridized carbons (Fsp3) is 0.800. The van der Waals surface area contributed by atoms with Gasteiger partial charge in [0.05, 0.1) is 6.61 Å². The van der Waals surface area contributed by atoms with Gasteiger partial charge in [-0.05, 0) is 18.1 Å². The van der Waals surface area contributed by atoms with Crippen LogP contribution in [-0.2, 0) is 19.5 Å². The largest absolute Gasteiger partial charge is 2.00 e. The van der Waals surface area contributed by atoms with Crippen LogP contribution in [0.25, 0.3) is 0 Å². The summed E-state index contributed by atoms with van der Waals surface area (Å²) in [4.78, 5) is 9.58. The SMILES string of the molecule is CC[Si](O)(CC)CC.Cl[C-](Cl)Cl.Cl[C-](Cl)Cl.OCC(Cl)(Cl)Cl.[Zn+2]. The van der Waals surface area contributed by atoms with Gasteiger partial charge in [0, 0.05) is 0 Å². The predicted molar refractivity (Wildman–Crippen MR) is 108 cm³/mol. The van der Waals surface area contributed by atoms with E-state index in [2.05, 4.69) is 20.8 Å². The molecule has 2 N–H and O–H groups in total. The van der Waals surface area contributed by atoms with Crippen LogP contribution in [0.3, 0.4) is 0 Å². The van der Waals surface area contributed by atoms with E-state index in [4.69, 9.17) is 110 Å². The fourth-order valence-electron chi connectivity index (χ4n) is 0.750. The van der Waals surface area contributed by atoms with Crippen LogP contribution in [-0.4, -0.2) is 28.6 Å². The van der Waals surface area contributed by atoms with Gasteiger partial charge < -0.3 is 79.5 Å². The van der Waals surface area contributed by atoms with Crippen molar-refractivity contribution in [3.8, 4) is 0 Å². The molecule has 2 nitrogen and oxygen atoms in total. The number of alkyl halides is 3. The second-order valence-corrected chi connectivity index (χ2v) is 14.0. The third kappa shape index (κ3) is 58.7. The molecule has 0 aromatic rings. The van der Waals surface area contributed by atoms with E-state index >= 15 is 0 Å². The molecule has 0 saturated carbocycles. The van der Waals surface area contributed by atoms with Gasteiger partial charge in [0.15, 0.2) is 8.32 Å². The Bertz CT molecular complexity index is 197. The van der Waals surface area contributed by atoms with Crippen molar-refractivity contribution in [2.24, 2.45) is 0 Å². The molecule has 0 aliphatic rings. The number of aliphatic hydroxyl groups is 1. The summed E-state index contributed by atoms with van der Waals surface area (Å²) in [5, 5.41) is 8.01. The second kappa shape index (κ2) is 23.4. The van der Waals surface area contributed by atoms with Crippen LogP contribution in [0.2, 0.25) is 18.1 Å². The van der Waals surface area contributed by atoms with Crippen molar-refractivity contribution < 1.29 is 29.4 Å². The first-order valence-corrected chi connectivity index (χ1v) is 11.7. The summed E-state index contributed by atoms with van der Waals surface area (Å²) in [7, 11) is -1.67. The van der Waals surface area contributed by atoms with E-state index in [1.54, 1.807) is 0 Å². The van der Waals surface area contributed by atoms with Crippen LogP contribution < -0.4 is 0 Å². The first-order chi connectivity index (χ1) is 9.71. The Morgan fingerprint density at radius 2 is 0.913 bits per heavy atom. The smallest absolute Gasteiger partial charge is 0.432 e. The molecule has 0 atom stereocenters. The minimum absolute atomic E-state index is 0. The standard InChI is InChI=1S/C6H16OSi.C2H3Cl3O.2CCl3.Zn/c1-4-8(7,5-2)6-3;3-2(4,5)1-6;2*2-1(3)4;/h7H,4-6H2,1-3H3;6H,1H2;;;/q;;2*-1;+2. The van der Waals surface area contributed by atoms with Crippen molar-refractivity contribution in [1.29, 1.82) is 0 Å². The van der Waals surface area contributed by atoms with Crippen molar-refractivity contribution >= 4 is 113 Å². The Morgan fingerprint density at radius 3 is 0.913 bits per heavy atom. The third-order valence-electron chi connectivity index (χ3n) is 2.15. The van der Waals surface area contributed by atoms with Gasteiger partial charge in [0.25, 0.3) is 0 Å². The van der Waals surface area contributed by atoms with Crippen LogP contribution >= 0.6 is 104 Å².